The fourth-order valence-corrected chi connectivity index (χ4v) is 6.83. The van der Waals surface area contributed by atoms with Crippen LogP contribution in [0.3, 0.4) is 0 Å². The van der Waals surface area contributed by atoms with Gasteiger partial charge in [0.1, 0.15) is 30.5 Å². The average Bonchev–Trinajstić information content (AvgIpc) is 3.15. The molecule has 1 amide bonds. The highest BCUT2D eigenvalue weighted by atomic mass is 16.7. The lowest BCUT2D eigenvalue weighted by molar-refractivity contribution is -0.302. The predicted molar refractivity (Wildman–Crippen MR) is 213 cm³/mol. The fraction of sp³-hybridized carbons (Fsp3) is 0.884. The van der Waals surface area contributed by atoms with Crippen molar-refractivity contribution in [2.75, 3.05) is 13.2 Å². The van der Waals surface area contributed by atoms with Gasteiger partial charge in [0.25, 0.3) is 0 Å². The first-order valence-corrected chi connectivity index (χ1v) is 21.6. The Bertz CT molecular complexity index is 929. The zero-order chi connectivity index (χ0) is 39.1. The number of unbranched alkanes of at least 4 members (excludes halogenated alkanes) is 20. The maximum Gasteiger partial charge on any atom is 0.249 e. The minimum absolute atomic E-state index is 0.306. The second kappa shape index (κ2) is 32.8. The molecular weight excluding hydrogens is 674 g/mol. The topological polar surface area (TPSA) is 169 Å². The number of hydrogen-bond donors (Lipinski definition) is 7. The molecule has 1 aliphatic rings. The third-order valence-corrected chi connectivity index (χ3v) is 10.5. The summed E-state index contributed by atoms with van der Waals surface area (Å²) >= 11 is 0. The van der Waals surface area contributed by atoms with Crippen LogP contribution < -0.4 is 5.32 Å². The quantitative estimate of drug-likeness (QED) is 0.0263. The summed E-state index contributed by atoms with van der Waals surface area (Å²) in [6.45, 7) is 5.72. The van der Waals surface area contributed by atoms with Gasteiger partial charge in [0.15, 0.2) is 6.29 Å². The lowest BCUT2D eigenvalue weighted by Crippen LogP contribution is -2.60. The van der Waals surface area contributed by atoms with Crippen LogP contribution in [0.4, 0.5) is 0 Å². The molecule has 8 atom stereocenters. The van der Waals surface area contributed by atoms with Crippen LogP contribution >= 0.6 is 0 Å². The number of amides is 1. The number of carbonyl (C=O) groups excluding carboxylic acids is 1. The van der Waals surface area contributed by atoms with Gasteiger partial charge in [0, 0.05) is 0 Å². The normalized spacial score (nSPS) is 22.7. The summed E-state index contributed by atoms with van der Waals surface area (Å²) in [5.41, 5.74) is 1.36. The largest absolute Gasteiger partial charge is 0.394 e. The standard InChI is InChI=1S/C43H81NO9/c1-4-6-8-10-12-13-14-15-16-17-18-20-22-26-31-37(47)42(51)44-35(33-52-43-41(50)40(49)39(48)38(32-45)53-43)36(46)30-27-23-25-29-34(3)28-24-21-19-11-9-7-5-2/h27,29-30,35-41,43,45-50H,4-26,28,31-33H2,1-3H3,(H,44,51)/b30-27+,34-29+/t35-,36+,37+,38-,39-,40-,41-,43+/m0/s1. The summed E-state index contributed by atoms with van der Waals surface area (Å²) in [4.78, 5) is 13.0. The predicted octanol–water partition coefficient (Wildman–Crippen LogP) is 7.30. The van der Waals surface area contributed by atoms with Gasteiger partial charge >= 0.3 is 0 Å². The van der Waals surface area contributed by atoms with E-state index in [1.54, 1.807) is 6.08 Å². The van der Waals surface area contributed by atoms with Crippen molar-refractivity contribution in [2.45, 2.75) is 230 Å². The number of carbonyl (C=O) groups is 1. The van der Waals surface area contributed by atoms with Crippen LogP contribution in [-0.4, -0.2) is 98.7 Å². The molecule has 0 unspecified atom stereocenters. The van der Waals surface area contributed by atoms with Gasteiger partial charge in [-0.15, -0.1) is 0 Å². The molecule has 1 saturated heterocycles. The van der Waals surface area contributed by atoms with Crippen LogP contribution in [0, 0.1) is 0 Å². The molecule has 0 aromatic rings. The Morgan fingerprint density at radius 1 is 0.717 bits per heavy atom. The van der Waals surface area contributed by atoms with E-state index in [0.717, 1.165) is 32.1 Å². The van der Waals surface area contributed by atoms with Crippen molar-refractivity contribution in [3.8, 4) is 0 Å². The zero-order valence-electron chi connectivity index (χ0n) is 33.9. The number of nitrogens with one attached hydrogen (secondary N) is 1. The van der Waals surface area contributed by atoms with Crippen molar-refractivity contribution in [2.24, 2.45) is 0 Å². The van der Waals surface area contributed by atoms with Crippen LogP contribution in [-0.2, 0) is 14.3 Å². The average molecular weight is 756 g/mol. The molecule has 10 heteroatoms. The molecule has 0 spiro atoms. The molecular formula is C43H81NO9. The molecule has 0 bridgehead atoms. The molecule has 0 radical (unpaired) electrons. The van der Waals surface area contributed by atoms with E-state index in [0.29, 0.717) is 19.3 Å². The summed E-state index contributed by atoms with van der Waals surface area (Å²) in [5, 5.41) is 64.6. The Morgan fingerprint density at radius 3 is 1.75 bits per heavy atom. The smallest absolute Gasteiger partial charge is 0.249 e. The molecule has 0 saturated carbocycles. The van der Waals surface area contributed by atoms with Gasteiger partial charge in [0.05, 0.1) is 25.4 Å². The molecule has 53 heavy (non-hydrogen) atoms. The van der Waals surface area contributed by atoms with Gasteiger partial charge in [-0.2, -0.15) is 0 Å². The lowest BCUT2D eigenvalue weighted by Gasteiger charge is -2.40. The van der Waals surface area contributed by atoms with Crippen LogP contribution in [0.5, 0.6) is 0 Å². The Labute approximate surface area is 322 Å². The van der Waals surface area contributed by atoms with Crippen LogP contribution in [0.25, 0.3) is 0 Å². The molecule has 1 aliphatic heterocycles. The van der Waals surface area contributed by atoms with Gasteiger partial charge in [-0.1, -0.05) is 166 Å². The Hall–Kier alpha value is -1.37. The highest BCUT2D eigenvalue weighted by molar-refractivity contribution is 5.80. The van der Waals surface area contributed by atoms with Crippen LogP contribution in [0.2, 0.25) is 0 Å². The maximum absolute atomic E-state index is 13.0. The molecule has 312 valence electrons. The number of aliphatic hydroxyl groups excluding tert-OH is 6. The van der Waals surface area contributed by atoms with Crippen molar-refractivity contribution in [1.29, 1.82) is 0 Å². The third kappa shape index (κ3) is 24.0. The molecule has 0 aromatic carbocycles. The van der Waals surface area contributed by atoms with Crippen molar-refractivity contribution in [3.63, 3.8) is 0 Å². The lowest BCUT2D eigenvalue weighted by atomic mass is 9.99. The van der Waals surface area contributed by atoms with E-state index in [9.17, 15) is 35.4 Å². The number of rotatable bonds is 34. The summed E-state index contributed by atoms with van der Waals surface area (Å²) in [6, 6.07) is -0.994. The summed E-state index contributed by atoms with van der Waals surface area (Å²) in [6.07, 6.45) is 24.9. The molecule has 10 nitrogen and oxygen atoms in total. The van der Waals surface area contributed by atoms with E-state index in [1.807, 2.05) is 6.08 Å². The second-order valence-electron chi connectivity index (χ2n) is 15.5. The first-order chi connectivity index (χ1) is 25.7. The molecule has 1 rings (SSSR count). The van der Waals surface area contributed by atoms with E-state index in [4.69, 9.17) is 9.47 Å². The highest BCUT2D eigenvalue weighted by Gasteiger charge is 2.44. The van der Waals surface area contributed by atoms with Gasteiger partial charge in [-0.25, -0.2) is 0 Å². The van der Waals surface area contributed by atoms with Gasteiger partial charge in [-0.05, 0) is 39.0 Å². The Balaban J connectivity index is 2.54. The van der Waals surface area contributed by atoms with E-state index >= 15 is 0 Å². The van der Waals surface area contributed by atoms with Crippen molar-refractivity contribution >= 4 is 5.91 Å². The minimum atomic E-state index is -1.61. The molecule has 0 aromatic heterocycles. The Morgan fingerprint density at radius 2 is 1.23 bits per heavy atom. The Kier molecular flexibility index (Phi) is 30.8. The van der Waals surface area contributed by atoms with Crippen LogP contribution in [0.1, 0.15) is 181 Å². The van der Waals surface area contributed by atoms with Crippen molar-refractivity contribution < 1.29 is 44.9 Å². The highest BCUT2D eigenvalue weighted by Crippen LogP contribution is 2.23. The molecule has 7 N–H and O–H groups in total. The molecule has 0 aliphatic carbocycles. The number of ether oxygens (including phenoxy) is 2. The van der Waals surface area contributed by atoms with E-state index < -0.39 is 61.5 Å². The van der Waals surface area contributed by atoms with Crippen molar-refractivity contribution in [1.82, 2.24) is 5.32 Å². The summed E-state index contributed by atoms with van der Waals surface area (Å²) < 4.78 is 11.1. The summed E-state index contributed by atoms with van der Waals surface area (Å²) in [5.74, 6) is -0.626. The van der Waals surface area contributed by atoms with Gasteiger partial charge in [-0.3, -0.25) is 4.79 Å². The monoisotopic (exact) mass is 756 g/mol. The minimum Gasteiger partial charge on any atom is -0.394 e. The third-order valence-electron chi connectivity index (χ3n) is 10.5. The van der Waals surface area contributed by atoms with E-state index in [2.05, 4.69) is 32.2 Å². The second-order valence-corrected chi connectivity index (χ2v) is 15.5. The number of allylic oxidation sites excluding steroid dienone is 3. The molecule has 1 heterocycles. The number of aliphatic hydroxyl groups is 6. The summed E-state index contributed by atoms with van der Waals surface area (Å²) in [7, 11) is 0. The maximum atomic E-state index is 13.0. The first kappa shape index (κ1) is 49.6. The molecule has 1 fully saturated rings. The van der Waals surface area contributed by atoms with Gasteiger partial charge < -0.3 is 45.4 Å². The zero-order valence-corrected chi connectivity index (χ0v) is 33.9. The fourth-order valence-electron chi connectivity index (χ4n) is 6.83. The van der Waals surface area contributed by atoms with Crippen molar-refractivity contribution in [3.05, 3.63) is 23.8 Å². The SMILES string of the molecule is CCCCCCCCCCCCCCCC[C@@H](O)C(=O)N[C@@H](CO[C@@H]1O[C@@H](CO)[C@H](O)[C@H](O)[C@@H]1O)[C@H](O)/C=C/CC/C=C(\C)CCCCCCCCC. The first-order valence-electron chi connectivity index (χ1n) is 21.6. The van der Waals surface area contributed by atoms with Crippen LogP contribution in [0.15, 0.2) is 23.8 Å². The van der Waals surface area contributed by atoms with E-state index in [-0.39, 0.29) is 6.61 Å². The van der Waals surface area contributed by atoms with Gasteiger partial charge in [0.2, 0.25) is 5.91 Å². The van der Waals surface area contributed by atoms with E-state index in [1.165, 1.54) is 115 Å². The number of hydrogen-bond acceptors (Lipinski definition) is 9.